The van der Waals surface area contributed by atoms with Gasteiger partial charge in [-0.25, -0.2) is 9.13 Å². The van der Waals surface area contributed by atoms with Crippen molar-refractivity contribution in [3.63, 3.8) is 0 Å². The van der Waals surface area contributed by atoms with Crippen LogP contribution in [0.3, 0.4) is 0 Å². The Labute approximate surface area is 618 Å². The molecular weight excluding hydrogens is 1320 g/mol. The van der Waals surface area contributed by atoms with Gasteiger partial charge in [-0.05, 0) is 57.3 Å². The second-order valence-corrected chi connectivity index (χ2v) is 32.2. The standard InChI is InChI=1S/C82H156O17P2/c1-6-9-12-15-18-21-23-25-27-28-29-30-31-32-33-35-39-44-48-53-58-63-68-82(87)99-78(72-93-80(85)66-61-56-51-46-42-40-36-37-41-45-49-54-59-64-75(4)5)74-97-101(90,91)95-70-76(83)69-94-100(88,89)96-73-77(71-92-79(84)65-60-55-50-20-17-14-11-8-3)98-81(86)67-62-57-52-47-43-38-34-26-24-22-19-16-13-10-7-2/h22,24,26,34,75-78,83H,6-21,23,25,27-33,35-74H2,1-5H3,(H,88,89)(H,90,91)/b24-22-,34-26-/t76-,77+,78+/m0/s1. The number of carbonyl (C=O) groups is 4. The first-order valence-electron chi connectivity index (χ1n) is 42.0. The fourth-order valence-corrected chi connectivity index (χ4v) is 13.8. The van der Waals surface area contributed by atoms with E-state index >= 15 is 0 Å². The molecule has 0 aromatic rings. The molecule has 0 aliphatic rings. The van der Waals surface area contributed by atoms with Gasteiger partial charge in [0.05, 0.1) is 26.4 Å². The summed E-state index contributed by atoms with van der Waals surface area (Å²) in [5.74, 6) is -1.35. The molecule has 596 valence electrons. The topological polar surface area (TPSA) is 237 Å². The number of unbranched alkanes of at least 4 members (excludes halogenated alkanes) is 49. The molecule has 0 radical (unpaired) electrons. The lowest BCUT2D eigenvalue weighted by atomic mass is 10.0. The number of allylic oxidation sites excluding steroid dienone is 4. The van der Waals surface area contributed by atoms with Crippen LogP contribution in [-0.2, 0) is 65.4 Å². The van der Waals surface area contributed by atoms with Gasteiger partial charge in [-0.15, -0.1) is 0 Å². The second-order valence-electron chi connectivity index (χ2n) is 29.3. The van der Waals surface area contributed by atoms with Gasteiger partial charge in [0.2, 0.25) is 0 Å². The van der Waals surface area contributed by atoms with E-state index < -0.39 is 97.5 Å². The Bertz CT molecular complexity index is 2020. The minimum atomic E-state index is -4.97. The molecule has 101 heavy (non-hydrogen) atoms. The van der Waals surface area contributed by atoms with Crippen LogP contribution in [-0.4, -0.2) is 96.7 Å². The van der Waals surface area contributed by atoms with Crippen LogP contribution < -0.4 is 0 Å². The van der Waals surface area contributed by atoms with E-state index in [0.717, 1.165) is 115 Å². The normalized spacial score (nSPS) is 14.0. The highest BCUT2D eigenvalue weighted by Crippen LogP contribution is 2.45. The van der Waals surface area contributed by atoms with Gasteiger partial charge >= 0.3 is 39.5 Å². The first kappa shape index (κ1) is 98.5. The lowest BCUT2D eigenvalue weighted by molar-refractivity contribution is -0.161. The monoisotopic (exact) mass is 1480 g/mol. The largest absolute Gasteiger partial charge is 0.472 e. The van der Waals surface area contributed by atoms with E-state index in [1.807, 2.05) is 0 Å². The highest BCUT2D eigenvalue weighted by Gasteiger charge is 2.30. The molecule has 0 aromatic carbocycles. The van der Waals surface area contributed by atoms with Crippen LogP contribution in [0.15, 0.2) is 24.3 Å². The van der Waals surface area contributed by atoms with Crippen molar-refractivity contribution in [1.82, 2.24) is 0 Å². The smallest absolute Gasteiger partial charge is 0.462 e. The summed E-state index contributed by atoms with van der Waals surface area (Å²) in [4.78, 5) is 72.9. The van der Waals surface area contributed by atoms with Crippen molar-refractivity contribution < 1.29 is 80.2 Å². The number of rotatable bonds is 80. The third kappa shape index (κ3) is 75.6. The van der Waals surface area contributed by atoms with Crippen LogP contribution in [0.25, 0.3) is 0 Å². The summed E-state index contributed by atoms with van der Waals surface area (Å²) in [6.45, 7) is 7.25. The highest BCUT2D eigenvalue weighted by atomic mass is 31.2. The average molecular weight is 1480 g/mol. The number of hydrogen-bond donors (Lipinski definition) is 3. The summed E-state index contributed by atoms with van der Waals surface area (Å²) in [7, 11) is -9.93. The number of phosphoric ester groups is 2. The molecule has 0 aliphatic carbocycles. The number of hydrogen-bond acceptors (Lipinski definition) is 15. The molecule has 0 fully saturated rings. The minimum absolute atomic E-state index is 0.0852. The van der Waals surface area contributed by atoms with E-state index in [-0.39, 0.29) is 25.7 Å². The number of phosphoric acid groups is 2. The van der Waals surface area contributed by atoms with E-state index in [1.54, 1.807) is 0 Å². The Hall–Kier alpha value is -2.46. The fraction of sp³-hybridized carbons (Fsp3) is 0.902. The summed E-state index contributed by atoms with van der Waals surface area (Å²) in [6.07, 6.45) is 69.0. The van der Waals surface area contributed by atoms with E-state index in [4.69, 9.17) is 37.0 Å². The van der Waals surface area contributed by atoms with E-state index in [1.165, 1.54) is 218 Å². The van der Waals surface area contributed by atoms with Gasteiger partial charge in [-0.2, -0.15) is 0 Å². The average Bonchev–Trinajstić information content (AvgIpc) is 1.05. The zero-order valence-corrected chi connectivity index (χ0v) is 67.3. The molecule has 0 heterocycles. The van der Waals surface area contributed by atoms with Crippen molar-refractivity contribution in [3.05, 3.63) is 24.3 Å². The number of esters is 4. The predicted molar refractivity (Wildman–Crippen MR) is 414 cm³/mol. The quantitative estimate of drug-likeness (QED) is 0.0169. The summed E-state index contributed by atoms with van der Waals surface area (Å²) in [5, 5.41) is 10.6. The second kappa shape index (κ2) is 74.4. The zero-order valence-electron chi connectivity index (χ0n) is 65.5. The molecule has 0 amide bonds. The van der Waals surface area contributed by atoms with Crippen LogP contribution in [0.2, 0.25) is 0 Å². The maximum atomic E-state index is 13.1. The van der Waals surface area contributed by atoms with Gasteiger partial charge in [0.15, 0.2) is 12.2 Å². The predicted octanol–water partition coefficient (Wildman–Crippen LogP) is 24.4. The fourth-order valence-electron chi connectivity index (χ4n) is 12.2. The third-order valence-electron chi connectivity index (χ3n) is 18.7. The number of aliphatic hydroxyl groups excluding tert-OH is 1. The molecule has 0 bridgehead atoms. The van der Waals surface area contributed by atoms with Crippen LogP contribution in [0.5, 0.6) is 0 Å². The van der Waals surface area contributed by atoms with Crippen molar-refractivity contribution in [2.24, 2.45) is 5.92 Å². The summed E-state index contributed by atoms with van der Waals surface area (Å²) < 4.78 is 68.6. The van der Waals surface area contributed by atoms with Crippen LogP contribution in [0.1, 0.15) is 413 Å². The first-order valence-corrected chi connectivity index (χ1v) is 44.9. The van der Waals surface area contributed by atoms with Crippen LogP contribution in [0.4, 0.5) is 0 Å². The van der Waals surface area contributed by atoms with Crippen molar-refractivity contribution >= 4 is 39.5 Å². The van der Waals surface area contributed by atoms with Crippen molar-refractivity contribution in [3.8, 4) is 0 Å². The molecule has 0 saturated heterocycles. The van der Waals surface area contributed by atoms with Crippen molar-refractivity contribution in [2.45, 2.75) is 432 Å². The van der Waals surface area contributed by atoms with Gasteiger partial charge in [0.25, 0.3) is 0 Å². The molecule has 0 saturated carbocycles. The molecule has 0 aromatic heterocycles. The Morgan fingerprint density at radius 3 is 0.812 bits per heavy atom. The maximum Gasteiger partial charge on any atom is 0.472 e. The Balaban J connectivity index is 5.21. The molecule has 0 aliphatic heterocycles. The van der Waals surface area contributed by atoms with Gasteiger partial charge in [0, 0.05) is 25.7 Å². The zero-order chi connectivity index (χ0) is 74.1. The molecule has 2 unspecified atom stereocenters. The summed E-state index contributed by atoms with van der Waals surface area (Å²) >= 11 is 0. The highest BCUT2D eigenvalue weighted by molar-refractivity contribution is 7.47. The third-order valence-corrected chi connectivity index (χ3v) is 20.6. The first-order chi connectivity index (χ1) is 49.0. The Kier molecular flexibility index (Phi) is 72.6. The lowest BCUT2D eigenvalue weighted by Crippen LogP contribution is -2.30. The maximum absolute atomic E-state index is 13.1. The number of carbonyl (C=O) groups excluding carboxylic acids is 4. The summed E-state index contributed by atoms with van der Waals surface area (Å²) in [5.41, 5.74) is 0. The number of aliphatic hydroxyl groups is 1. The van der Waals surface area contributed by atoms with Crippen LogP contribution in [0, 0.1) is 5.92 Å². The van der Waals surface area contributed by atoms with E-state index in [2.05, 4.69) is 58.9 Å². The number of ether oxygens (including phenoxy) is 4. The van der Waals surface area contributed by atoms with Crippen molar-refractivity contribution in [1.29, 1.82) is 0 Å². The SMILES string of the molecule is CCCCCC/C=C\C=C/CCCCCCCC(=O)O[C@H](COC(=O)CCCCCCCCCC)COP(=O)(O)OC[C@H](O)COP(=O)(O)OC[C@@H](COC(=O)CCCCCCCCCCCCCCCC(C)C)OC(=O)CCCCCCCCCCCCCCCCCCCCCCCC. The molecule has 17 nitrogen and oxygen atoms in total. The Morgan fingerprint density at radius 1 is 0.307 bits per heavy atom. The molecule has 19 heteroatoms. The minimum Gasteiger partial charge on any atom is -0.462 e. The van der Waals surface area contributed by atoms with Gasteiger partial charge in [-0.3, -0.25) is 37.3 Å². The molecule has 0 rings (SSSR count). The lowest BCUT2D eigenvalue weighted by Gasteiger charge is -2.21. The van der Waals surface area contributed by atoms with E-state index in [9.17, 15) is 43.2 Å². The van der Waals surface area contributed by atoms with Crippen LogP contribution >= 0.6 is 15.6 Å². The molecule has 5 atom stereocenters. The van der Waals surface area contributed by atoms with Gasteiger partial charge in [0.1, 0.15) is 19.3 Å². The molecule has 0 spiro atoms. The van der Waals surface area contributed by atoms with Gasteiger partial charge < -0.3 is 33.8 Å². The molecular formula is C82H156O17P2. The van der Waals surface area contributed by atoms with E-state index in [0.29, 0.717) is 25.7 Å². The summed E-state index contributed by atoms with van der Waals surface area (Å²) in [6, 6.07) is 0. The van der Waals surface area contributed by atoms with Gasteiger partial charge in [-0.1, -0.05) is 361 Å². The van der Waals surface area contributed by atoms with Crippen molar-refractivity contribution in [2.75, 3.05) is 39.6 Å². The molecule has 3 N–H and O–H groups in total. The Morgan fingerprint density at radius 2 is 0.535 bits per heavy atom.